The molecule has 1 saturated heterocycles. The zero-order valence-electron chi connectivity index (χ0n) is 11.0. The van der Waals surface area contributed by atoms with Gasteiger partial charge in [0.05, 0.1) is 5.75 Å². The van der Waals surface area contributed by atoms with Crippen molar-refractivity contribution in [2.24, 2.45) is 5.92 Å². The Kier molecular flexibility index (Phi) is 4.42. The Morgan fingerprint density at radius 1 is 1.37 bits per heavy atom. The maximum Gasteiger partial charge on any atom is 0.211 e. The minimum Gasteiger partial charge on any atom is -0.371 e. The Labute approximate surface area is 113 Å². The van der Waals surface area contributed by atoms with Crippen molar-refractivity contribution >= 4 is 15.7 Å². The molecular weight excluding hydrogens is 267 g/mol. The van der Waals surface area contributed by atoms with Gasteiger partial charge in [0.1, 0.15) is 5.82 Å². The van der Waals surface area contributed by atoms with Crippen LogP contribution in [-0.2, 0) is 10.0 Å². The molecule has 0 aromatic heterocycles. The van der Waals surface area contributed by atoms with E-state index in [2.05, 4.69) is 9.62 Å². The molecule has 1 aliphatic rings. The average molecular weight is 286 g/mol. The predicted octanol–water partition coefficient (Wildman–Crippen LogP) is 1.59. The van der Waals surface area contributed by atoms with Gasteiger partial charge in [-0.25, -0.2) is 17.5 Å². The number of rotatable bonds is 5. The Bertz CT molecular complexity index is 516. The molecule has 0 spiro atoms. The number of hydrogen-bond donors (Lipinski definition) is 1. The van der Waals surface area contributed by atoms with Crippen LogP contribution in [0.25, 0.3) is 0 Å². The average Bonchev–Trinajstić information content (AvgIpc) is 2.86. The Morgan fingerprint density at radius 3 is 2.68 bits per heavy atom. The summed E-state index contributed by atoms with van der Waals surface area (Å²) in [6.45, 7) is 3.79. The van der Waals surface area contributed by atoms with Crippen molar-refractivity contribution in [3.8, 4) is 0 Å². The van der Waals surface area contributed by atoms with Crippen molar-refractivity contribution < 1.29 is 12.8 Å². The first-order valence-corrected chi connectivity index (χ1v) is 8.13. The van der Waals surface area contributed by atoms with Gasteiger partial charge in [0.15, 0.2) is 0 Å². The van der Waals surface area contributed by atoms with Crippen LogP contribution in [0, 0.1) is 11.7 Å². The zero-order valence-corrected chi connectivity index (χ0v) is 11.8. The normalized spacial score (nSPS) is 19.9. The van der Waals surface area contributed by atoms with Gasteiger partial charge < -0.3 is 4.90 Å². The van der Waals surface area contributed by atoms with Crippen molar-refractivity contribution in [1.29, 1.82) is 0 Å². The third-order valence-corrected chi connectivity index (χ3v) is 4.82. The smallest absolute Gasteiger partial charge is 0.211 e. The van der Waals surface area contributed by atoms with Crippen LogP contribution in [0.3, 0.4) is 0 Å². The summed E-state index contributed by atoms with van der Waals surface area (Å²) < 4.78 is 38.2. The number of hydrogen-bond acceptors (Lipinski definition) is 3. The van der Waals surface area contributed by atoms with Crippen LogP contribution >= 0.6 is 0 Å². The fraction of sp³-hybridized carbons (Fsp3) is 0.538. The van der Waals surface area contributed by atoms with E-state index in [0.29, 0.717) is 12.5 Å². The molecule has 0 bridgehead atoms. The summed E-state index contributed by atoms with van der Waals surface area (Å²) in [4.78, 5) is 2.16. The van der Waals surface area contributed by atoms with Gasteiger partial charge >= 0.3 is 0 Å². The second-order valence-electron chi connectivity index (χ2n) is 4.83. The standard InChI is InChI=1S/C13H19FN2O2S/c1-2-19(17,18)15-9-11-7-8-16(10-11)13-5-3-12(14)4-6-13/h3-6,11,15H,2,7-10H2,1H3. The topological polar surface area (TPSA) is 49.4 Å². The lowest BCUT2D eigenvalue weighted by Gasteiger charge is -2.18. The summed E-state index contributed by atoms with van der Waals surface area (Å²) in [5.41, 5.74) is 0.988. The molecule has 106 valence electrons. The molecule has 1 aromatic carbocycles. The summed E-state index contributed by atoms with van der Waals surface area (Å²) >= 11 is 0. The summed E-state index contributed by atoms with van der Waals surface area (Å²) in [6.07, 6.45) is 0.948. The zero-order chi connectivity index (χ0) is 13.9. The highest BCUT2D eigenvalue weighted by molar-refractivity contribution is 7.89. The van der Waals surface area contributed by atoms with Crippen LogP contribution in [0.1, 0.15) is 13.3 Å². The molecule has 0 aliphatic carbocycles. The van der Waals surface area contributed by atoms with E-state index in [-0.39, 0.29) is 11.6 Å². The third kappa shape index (κ3) is 3.91. The largest absolute Gasteiger partial charge is 0.371 e. The molecule has 1 atom stereocenters. The molecule has 1 N–H and O–H groups in total. The van der Waals surface area contributed by atoms with E-state index in [4.69, 9.17) is 0 Å². The van der Waals surface area contributed by atoms with Gasteiger partial charge in [-0.3, -0.25) is 0 Å². The first-order chi connectivity index (χ1) is 9.00. The van der Waals surface area contributed by atoms with E-state index < -0.39 is 10.0 Å². The molecule has 6 heteroatoms. The molecule has 1 fully saturated rings. The lowest BCUT2D eigenvalue weighted by Crippen LogP contribution is -2.32. The minimum absolute atomic E-state index is 0.112. The Balaban J connectivity index is 1.88. The number of sulfonamides is 1. The Morgan fingerprint density at radius 2 is 2.05 bits per heavy atom. The van der Waals surface area contributed by atoms with Crippen LogP contribution in [0.2, 0.25) is 0 Å². The molecule has 2 rings (SSSR count). The number of anilines is 1. The van der Waals surface area contributed by atoms with E-state index in [9.17, 15) is 12.8 Å². The molecule has 0 amide bonds. The molecule has 0 radical (unpaired) electrons. The first-order valence-electron chi connectivity index (χ1n) is 6.48. The minimum atomic E-state index is -3.11. The summed E-state index contributed by atoms with van der Waals surface area (Å²) in [6, 6.07) is 6.41. The highest BCUT2D eigenvalue weighted by Gasteiger charge is 2.23. The summed E-state index contributed by atoms with van der Waals surface area (Å²) in [7, 11) is -3.11. The molecule has 4 nitrogen and oxygen atoms in total. The lowest BCUT2D eigenvalue weighted by atomic mass is 10.1. The fourth-order valence-corrected chi connectivity index (χ4v) is 2.93. The Hall–Kier alpha value is -1.14. The van der Waals surface area contributed by atoms with Crippen LogP contribution in [0.5, 0.6) is 0 Å². The summed E-state index contributed by atoms with van der Waals surface area (Å²) in [5.74, 6) is 0.183. The van der Waals surface area contributed by atoms with Gasteiger partial charge in [-0.15, -0.1) is 0 Å². The molecule has 19 heavy (non-hydrogen) atoms. The van der Waals surface area contributed by atoms with Crippen molar-refractivity contribution in [2.75, 3.05) is 30.3 Å². The van der Waals surface area contributed by atoms with Crippen molar-refractivity contribution in [3.05, 3.63) is 30.1 Å². The predicted molar refractivity (Wildman–Crippen MR) is 74.2 cm³/mol. The van der Waals surface area contributed by atoms with Crippen LogP contribution in [-0.4, -0.2) is 33.8 Å². The number of nitrogens with one attached hydrogen (secondary N) is 1. The van der Waals surface area contributed by atoms with Gasteiger partial charge in [0.25, 0.3) is 0 Å². The summed E-state index contributed by atoms with van der Waals surface area (Å²) in [5, 5.41) is 0. The molecule has 1 heterocycles. The lowest BCUT2D eigenvalue weighted by molar-refractivity contribution is 0.542. The van der Waals surface area contributed by atoms with Crippen molar-refractivity contribution in [2.45, 2.75) is 13.3 Å². The van der Waals surface area contributed by atoms with E-state index in [1.54, 1.807) is 19.1 Å². The molecular formula is C13H19FN2O2S. The van der Waals surface area contributed by atoms with Crippen molar-refractivity contribution in [3.63, 3.8) is 0 Å². The van der Waals surface area contributed by atoms with E-state index in [0.717, 1.165) is 25.2 Å². The van der Waals surface area contributed by atoms with Gasteiger partial charge in [0, 0.05) is 25.3 Å². The number of nitrogens with zero attached hydrogens (tertiary/aromatic N) is 1. The highest BCUT2D eigenvalue weighted by Crippen LogP contribution is 2.23. The van der Waals surface area contributed by atoms with Crippen LogP contribution < -0.4 is 9.62 Å². The van der Waals surface area contributed by atoms with E-state index in [1.807, 2.05) is 0 Å². The third-order valence-electron chi connectivity index (χ3n) is 3.45. The van der Waals surface area contributed by atoms with Crippen LogP contribution in [0.4, 0.5) is 10.1 Å². The second kappa shape index (κ2) is 5.88. The first kappa shape index (κ1) is 14.3. The fourth-order valence-electron chi connectivity index (χ4n) is 2.23. The molecule has 1 unspecified atom stereocenters. The molecule has 0 saturated carbocycles. The number of benzene rings is 1. The highest BCUT2D eigenvalue weighted by atomic mass is 32.2. The SMILES string of the molecule is CCS(=O)(=O)NCC1CCN(c2ccc(F)cc2)C1. The van der Waals surface area contributed by atoms with Gasteiger partial charge in [-0.1, -0.05) is 0 Å². The van der Waals surface area contributed by atoms with Gasteiger partial charge in [0.2, 0.25) is 10.0 Å². The molecule has 1 aliphatic heterocycles. The molecule has 1 aromatic rings. The maximum absolute atomic E-state index is 12.8. The van der Waals surface area contributed by atoms with E-state index >= 15 is 0 Å². The van der Waals surface area contributed by atoms with Crippen LogP contribution in [0.15, 0.2) is 24.3 Å². The van der Waals surface area contributed by atoms with Gasteiger partial charge in [-0.2, -0.15) is 0 Å². The number of halogens is 1. The second-order valence-corrected chi connectivity index (χ2v) is 6.92. The van der Waals surface area contributed by atoms with E-state index in [1.165, 1.54) is 12.1 Å². The maximum atomic E-state index is 12.8. The monoisotopic (exact) mass is 286 g/mol. The van der Waals surface area contributed by atoms with Crippen molar-refractivity contribution in [1.82, 2.24) is 4.72 Å². The van der Waals surface area contributed by atoms with Gasteiger partial charge in [-0.05, 0) is 43.5 Å². The quantitative estimate of drug-likeness (QED) is 0.894.